The second-order valence-corrected chi connectivity index (χ2v) is 4.49. The topological polar surface area (TPSA) is 39.1 Å². The maximum atomic E-state index is 5.39. The van der Waals surface area contributed by atoms with Crippen LogP contribution in [0.3, 0.4) is 0 Å². The lowest BCUT2D eigenvalue weighted by Crippen LogP contribution is -2.22. The molecule has 0 spiro atoms. The van der Waals surface area contributed by atoms with E-state index in [1.807, 2.05) is 13.2 Å². The Hall–Kier alpha value is -0.870. The van der Waals surface area contributed by atoms with Crippen molar-refractivity contribution in [1.29, 1.82) is 0 Å². The van der Waals surface area contributed by atoms with Crippen LogP contribution in [0.4, 0.5) is 0 Å². The highest BCUT2D eigenvalue weighted by molar-refractivity contribution is 5.04. The van der Waals surface area contributed by atoms with Crippen molar-refractivity contribution in [2.24, 2.45) is 5.92 Å². The highest BCUT2D eigenvalue weighted by Crippen LogP contribution is 2.18. The fourth-order valence-corrected chi connectivity index (χ4v) is 2.27. The summed E-state index contributed by atoms with van der Waals surface area (Å²) in [7, 11) is 1.97. The van der Waals surface area contributed by atoms with Gasteiger partial charge in [-0.2, -0.15) is 0 Å². The largest absolute Gasteiger partial charge is 0.381 e. The van der Waals surface area contributed by atoms with Crippen molar-refractivity contribution in [1.82, 2.24) is 14.9 Å². The number of hydrogen-bond acceptors (Lipinski definition) is 3. The summed E-state index contributed by atoms with van der Waals surface area (Å²) in [5.41, 5.74) is 1.28. The Morgan fingerprint density at radius 3 is 2.94 bits per heavy atom. The zero-order valence-electron chi connectivity index (χ0n) is 10.2. The van der Waals surface area contributed by atoms with Crippen LogP contribution in [0.25, 0.3) is 0 Å². The van der Waals surface area contributed by atoms with E-state index < -0.39 is 0 Å². The first-order chi connectivity index (χ1) is 7.81. The highest BCUT2D eigenvalue weighted by Gasteiger charge is 2.16. The summed E-state index contributed by atoms with van der Waals surface area (Å²) in [6.45, 7) is 5.90. The molecule has 0 aliphatic carbocycles. The van der Waals surface area contributed by atoms with Crippen molar-refractivity contribution in [2.75, 3.05) is 20.3 Å². The number of nitrogens with one attached hydrogen (secondary N) is 1. The van der Waals surface area contributed by atoms with Crippen molar-refractivity contribution in [3.05, 3.63) is 17.7 Å². The molecule has 1 aliphatic rings. The van der Waals surface area contributed by atoms with Crippen LogP contribution in [0.15, 0.2) is 6.20 Å². The lowest BCUT2D eigenvalue weighted by molar-refractivity contribution is 0.0608. The fourth-order valence-electron chi connectivity index (χ4n) is 2.27. The van der Waals surface area contributed by atoms with Crippen molar-refractivity contribution < 1.29 is 4.74 Å². The lowest BCUT2D eigenvalue weighted by Gasteiger charge is -2.23. The number of aryl methyl sites for hydroxylation is 1. The summed E-state index contributed by atoms with van der Waals surface area (Å²) in [4.78, 5) is 4.39. The van der Waals surface area contributed by atoms with Gasteiger partial charge in [0.25, 0.3) is 0 Å². The third kappa shape index (κ3) is 2.62. The zero-order valence-corrected chi connectivity index (χ0v) is 10.2. The average molecular weight is 223 g/mol. The van der Waals surface area contributed by atoms with Gasteiger partial charge in [0.2, 0.25) is 0 Å². The Balaban J connectivity index is 2.03. The van der Waals surface area contributed by atoms with Gasteiger partial charge in [0.05, 0.1) is 5.69 Å². The van der Waals surface area contributed by atoms with Gasteiger partial charge < -0.3 is 14.6 Å². The van der Waals surface area contributed by atoms with E-state index in [4.69, 9.17) is 4.74 Å². The van der Waals surface area contributed by atoms with Crippen LogP contribution in [0.2, 0.25) is 0 Å². The van der Waals surface area contributed by atoms with Gasteiger partial charge in [-0.1, -0.05) is 0 Å². The summed E-state index contributed by atoms with van der Waals surface area (Å²) in [6, 6.07) is 0. The predicted octanol–water partition coefficient (Wildman–Crippen LogP) is 1.34. The monoisotopic (exact) mass is 223 g/mol. The molecule has 0 atom stereocenters. The summed E-state index contributed by atoms with van der Waals surface area (Å²) in [6.07, 6.45) is 4.33. The van der Waals surface area contributed by atoms with E-state index in [1.165, 1.54) is 18.5 Å². The minimum absolute atomic E-state index is 0.747. The summed E-state index contributed by atoms with van der Waals surface area (Å²) < 4.78 is 7.73. The maximum absolute atomic E-state index is 5.39. The van der Waals surface area contributed by atoms with Gasteiger partial charge in [-0.15, -0.1) is 0 Å². The molecule has 1 aromatic heterocycles. The van der Waals surface area contributed by atoms with E-state index in [0.717, 1.165) is 38.0 Å². The Kier molecular flexibility index (Phi) is 3.96. The van der Waals surface area contributed by atoms with E-state index in [0.29, 0.717) is 0 Å². The number of imidazole rings is 1. The molecule has 1 fully saturated rings. The highest BCUT2D eigenvalue weighted by atomic mass is 16.5. The summed E-state index contributed by atoms with van der Waals surface area (Å²) in [5.74, 6) is 1.87. The first-order valence-electron chi connectivity index (χ1n) is 6.04. The third-order valence-electron chi connectivity index (χ3n) is 3.28. The van der Waals surface area contributed by atoms with Crippen molar-refractivity contribution in [3.63, 3.8) is 0 Å². The molecular formula is C12H21N3O. The Morgan fingerprint density at radius 2 is 2.25 bits per heavy atom. The van der Waals surface area contributed by atoms with Crippen LogP contribution < -0.4 is 5.32 Å². The molecule has 0 amide bonds. The maximum Gasteiger partial charge on any atom is 0.105 e. The van der Waals surface area contributed by atoms with Crippen LogP contribution in [0, 0.1) is 12.8 Å². The number of ether oxygens (including phenoxy) is 1. The van der Waals surface area contributed by atoms with Crippen LogP contribution >= 0.6 is 0 Å². The van der Waals surface area contributed by atoms with Crippen LogP contribution in [0.5, 0.6) is 0 Å². The second-order valence-electron chi connectivity index (χ2n) is 4.49. The molecule has 0 aromatic carbocycles. The number of hydrogen-bond donors (Lipinski definition) is 1. The number of aromatic nitrogens is 2. The van der Waals surface area contributed by atoms with Gasteiger partial charge in [-0.25, -0.2) is 4.98 Å². The Bertz CT molecular complexity index is 329. The van der Waals surface area contributed by atoms with Crippen molar-refractivity contribution >= 4 is 0 Å². The molecule has 2 heterocycles. The van der Waals surface area contributed by atoms with E-state index in [9.17, 15) is 0 Å². The predicted molar refractivity (Wildman–Crippen MR) is 63.3 cm³/mol. The molecule has 1 N–H and O–H groups in total. The molecule has 0 bridgehead atoms. The molecule has 4 heteroatoms. The summed E-state index contributed by atoms with van der Waals surface area (Å²) in [5, 5.41) is 3.19. The molecule has 0 unspecified atom stereocenters. The first-order valence-corrected chi connectivity index (χ1v) is 6.04. The van der Waals surface area contributed by atoms with Gasteiger partial charge in [-0.3, -0.25) is 0 Å². The third-order valence-corrected chi connectivity index (χ3v) is 3.28. The molecule has 90 valence electrons. The smallest absolute Gasteiger partial charge is 0.105 e. The zero-order chi connectivity index (χ0) is 11.4. The van der Waals surface area contributed by atoms with Gasteiger partial charge in [0.1, 0.15) is 5.82 Å². The molecular weight excluding hydrogens is 202 g/mol. The second kappa shape index (κ2) is 5.46. The van der Waals surface area contributed by atoms with Gasteiger partial charge in [-0.05, 0) is 32.7 Å². The Labute approximate surface area is 97.0 Å². The van der Waals surface area contributed by atoms with Gasteiger partial charge in [0, 0.05) is 32.5 Å². The number of nitrogens with zero attached hydrogens (tertiary/aromatic N) is 2. The van der Waals surface area contributed by atoms with E-state index in [1.54, 1.807) is 0 Å². The minimum atomic E-state index is 0.747. The molecule has 16 heavy (non-hydrogen) atoms. The first kappa shape index (κ1) is 11.6. The standard InChI is InChI=1S/C12H21N3O/c1-10-14-8-12(7-13-2)15(10)9-11-3-5-16-6-4-11/h8,11,13H,3-7,9H2,1-2H3. The van der Waals surface area contributed by atoms with Crippen LogP contribution in [0.1, 0.15) is 24.4 Å². The SMILES string of the molecule is CNCc1cnc(C)n1CC1CCOCC1. The molecule has 2 rings (SSSR count). The van der Waals surface area contributed by atoms with Gasteiger partial charge >= 0.3 is 0 Å². The number of rotatable bonds is 4. The normalized spacial score (nSPS) is 17.9. The molecule has 1 aliphatic heterocycles. The van der Waals surface area contributed by atoms with E-state index in [2.05, 4.69) is 21.8 Å². The van der Waals surface area contributed by atoms with Crippen LogP contribution in [-0.2, 0) is 17.8 Å². The molecule has 4 nitrogen and oxygen atoms in total. The summed E-state index contributed by atoms with van der Waals surface area (Å²) >= 11 is 0. The minimum Gasteiger partial charge on any atom is -0.381 e. The molecule has 0 radical (unpaired) electrons. The Morgan fingerprint density at radius 1 is 1.50 bits per heavy atom. The van der Waals surface area contributed by atoms with E-state index >= 15 is 0 Å². The van der Waals surface area contributed by atoms with Crippen molar-refractivity contribution in [3.8, 4) is 0 Å². The lowest BCUT2D eigenvalue weighted by atomic mass is 10.0. The van der Waals surface area contributed by atoms with Crippen molar-refractivity contribution in [2.45, 2.75) is 32.9 Å². The van der Waals surface area contributed by atoms with E-state index in [-0.39, 0.29) is 0 Å². The molecule has 0 saturated carbocycles. The van der Waals surface area contributed by atoms with Gasteiger partial charge in [0.15, 0.2) is 0 Å². The molecule has 1 saturated heterocycles. The average Bonchev–Trinajstić information content (AvgIpc) is 2.64. The molecule has 1 aromatic rings. The fraction of sp³-hybridized carbons (Fsp3) is 0.750. The quantitative estimate of drug-likeness (QED) is 0.837. The van der Waals surface area contributed by atoms with Crippen LogP contribution in [-0.4, -0.2) is 29.8 Å².